The Labute approximate surface area is 210 Å². The molecule has 0 saturated heterocycles. The van der Waals surface area contributed by atoms with Crippen molar-refractivity contribution in [3.05, 3.63) is 77.4 Å². The van der Waals surface area contributed by atoms with Crippen molar-refractivity contribution < 1.29 is 29.0 Å². The normalized spacial score (nSPS) is 11.3. The first-order valence-corrected chi connectivity index (χ1v) is 11.7. The molecule has 3 rings (SSSR count). The minimum absolute atomic E-state index is 0.0796. The van der Waals surface area contributed by atoms with Crippen molar-refractivity contribution in [2.45, 2.75) is 40.0 Å². The number of hydrogen-bond acceptors (Lipinski definition) is 6. The van der Waals surface area contributed by atoms with Gasteiger partial charge in [-0.3, -0.25) is 9.59 Å². The SMILES string of the molecule is CCOC(=O)C(=O)Nc1cc(C)c(Oc2ccc(O)c(NC(=O)C(CC)c3ccccc3)c2)c(C)c1. The first kappa shape index (κ1) is 26.3. The third kappa shape index (κ3) is 6.41. The third-order valence-corrected chi connectivity index (χ3v) is 5.55. The van der Waals surface area contributed by atoms with Gasteiger partial charge in [-0.2, -0.15) is 0 Å². The highest BCUT2D eigenvalue weighted by Crippen LogP contribution is 2.35. The predicted molar refractivity (Wildman–Crippen MR) is 137 cm³/mol. The van der Waals surface area contributed by atoms with Crippen molar-refractivity contribution in [3.63, 3.8) is 0 Å². The van der Waals surface area contributed by atoms with Crippen LogP contribution in [0.2, 0.25) is 0 Å². The summed E-state index contributed by atoms with van der Waals surface area (Å²) in [7, 11) is 0. The van der Waals surface area contributed by atoms with Crippen LogP contribution in [-0.4, -0.2) is 29.5 Å². The molecule has 0 saturated carbocycles. The number of rotatable bonds is 8. The van der Waals surface area contributed by atoms with E-state index in [-0.39, 0.29) is 29.9 Å². The number of phenols is 1. The molecule has 0 spiro atoms. The van der Waals surface area contributed by atoms with Gasteiger partial charge in [-0.1, -0.05) is 37.3 Å². The lowest BCUT2D eigenvalue weighted by Crippen LogP contribution is -2.25. The van der Waals surface area contributed by atoms with E-state index < -0.39 is 11.9 Å². The smallest absolute Gasteiger partial charge is 0.397 e. The van der Waals surface area contributed by atoms with E-state index in [4.69, 9.17) is 9.47 Å². The van der Waals surface area contributed by atoms with Crippen LogP contribution in [0.25, 0.3) is 0 Å². The zero-order valence-electron chi connectivity index (χ0n) is 20.8. The Morgan fingerprint density at radius 2 is 1.58 bits per heavy atom. The number of ether oxygens (including phenoxy) is 2. The second-order valence-electron chi connectivity index (χ2n) is 8.26. The average Bonchev–Trinajstić information content (AvgIpc) is 2.84. The Hall–Kier alpha value is -4.33. The average molecular weight is 491 g/mol. The minimum atomic E-state index is -0.954. The molecule has 0 heterocycles. The molecule has 0 aliphatic carbocycles. The van der Waals surface area contributed by atoms with Crippen LogP contribution in [0.15, 0.2) is 60.7 Å². The summed E-state index contributed by atoms with van der Waals surface area (Å²) >= 11 is 0. The van der Waals surface area contributed by atoms with Crippen molar-refractivity contribution in [1.29, 1.82) is 0 Å². The van der Waals surface area contributed by atoms with Crippen molar-refractivity contribution in [1.82, 2.24) is 0 Å². The van der Waals surface area contributed by atoms with E-state index in [1.807, 2.05) is 37.3 Å². The molecule has 0 aromatic heterocycles. The molecule has 0 aliphatic rings. The summed E-state index contributed by atoms with van der Waals surface area (Å²) in [6.07, 6.45) is 0.601. The molecule has 36 heavy (non-hydrogen) atoms. The highest BCUT2D eigenvalue weighted by molar-refractivity contribution is 6.37. The van der Waals surface area contributed by atoms with Gasteiger partial charge in [-0.15, -0.1) is 0 Å². The van der Waals surface area contributed by atoms with E-state index in [1.165, 1.54) is 6.07 Å². The molecular formula is C28H30N2O6. The maximum atomic E-state index is 13.0. The molecular weight excluding hydrogens is 460 g/mol. The summed E-state index contributed by atoms with van der Waals surface area (Å²) in [4.78, 5) is 36.5. The van der Waals surface area contributed by atoms with Crippen LogP contribution in [0.5, 0.6) is 17.2 Å². The number of aromatic hydroxyl groups is 1. The molecule has 8 heteroatoms. The molecule has 3 aromatic carbocycles. The Balaban J connectivity index is 1.77. The van der Waals surface area contributed by atoms with Crippen molar-refractivity contribution in [2.75, 3.05) is 17.2 Å². The summed E-state index contributed by atoms with van der Waals surface area (Å²) in [6, 6.07) is 17.4. The van der Waals surface area contributed by atoms with Crippen molar-refractivity contribution in [2.24, 2.45) is 0 Å². The molecule has 2 amide bonds. The number of carbonyl (C=O) groups excluding carboxylic acids is 3. The standard InChI is InChI=1S/C28H30N2O6/c1-5-22(19-10-8-7-9-11-19)26(32)30-23-16-21(12-13-24(23)31)36-25-17(3)14-20(15-18(25)4)29-27(33)28(34)35-6-2/h7-16,22,31H,5-6H2,1-4H3,(H,29,33)(H,30,32). The van der Waals surface area contributed by atoms with Gasteiger partial charge in [0, 0.05) is 11.8 Å². The van der Waals surface area contributed by atoms with E-state index >= 15 is 0 Å². The van der Waals surface area contributed by atoms with Gasteiger partial charge in [0.05, 0.1) is 18.2 Å². The Bertz CT molecular complexity index is 1230. The highest BCUT2D eigenvalue weighted by atomic mass is 16.5. The lowest BCUT2D eigenvalue weighted by molar-refractivity contribution is -0.152. The van der Waals surface area contributed by atoms with Gasteiger partial charge in [0.15, 0.2) is 0 Å². The highest BCUT2D eigenvalue weighted by Gasteiger charge is 2.20. The fourth-order valence-electron chi connectivity index (χ4n) is 3.84. The first-order valence-electron chi connectivity index (χ1n) is 11.7. The lowest BCUT2D eigenvalue weighted by Gasteiger charge is -2.18. The molecule has 0 radical (unpaired) electrons. The summed E-state index contributed by atoms with van der Waals surface area (Å²) in [5.41, 5.74) is 2.98. The number of phenolic OH excluding ortho intramolecular Hbond substituents is 1. The van der Waals surface area contributed by atoms with Crippen molar-refractivity contribution >= 4 is 29.2 Å². The van der Waals surface area contributed by atoms with Crippen LogP contribution in [0.1, 0.15) is 42.9 Å². The second kappa shape index (κ2) is 11.9. The van der Waals surface area contributed by atoms with Gasteiger partial charge in [0.2, 0.25) is 5.91 Å². The van der Waals surface area contributed by atoms with Crippen LogP contribution in [0.4, 0.5) is 11.4 Å². The van der Waals surface area contributed by atoms with E-state index in [0.29, 0.717) is 34.7 Å². The number of carbonyl (C=O) groups is 3. The lowest BCUT2D eigenvalue weighted by atomic mass is 9.95. The van der Waals surface area contributed by atoms with Gasteiger partial charge in [-0.05, 0) is 68.1 Å². The summed E-state index contributed by atoms with van der Waals surface area (Å²) < 4.78 is 10.8. The van der Waals surface area contributed by atoms with Gasteiger partial charge in [0.1, 0.15) is 17.2 Å². The molecule has 0 aliphatic heterocycles. The zero-order chi connectivity index (χ0) is 26.2. The van der Waals surface area contributed by atoms with E-state index in [1.54, 1.807) is 45.0 Å². The van der Waals surface area contributed by atoms with Gasteiger partial charge < -0.3 is 25.2 Å². The third-order valence-electron chi connectivity index (χ3n) is 5.55. The molecule has 3 N–H and O–H groups in total. The number of hydrogen-bond donors (Lipinski definition) is 3. The number of esters is 1. The second-order valence-corrected chi connectivity index (χ2v) is 8.26. The first-order chi connectivity index (χ1) is 17.2. The largest absolute Gasteiger partial charge is 0.506 e. The summed E-state index contributed by atoms with van der Waals surface area (Å²) in [5, 5.41) is 15.7. The fourth-order valence-corrected chi connectivity index (χ4v) is 3.84. The van der Waals surface area contributed by atoms with Crippen LogP contribution >= 0.6 is 0 Å². The van der Waals surface area contributed by atoms with Crippen LogP contribution in [0.3, 0.4) is 0 Å². The predicted octanol–water partition coefficient (Wildman–Crippen LogP) is 5.44. The Morgan fingerprint density at radius 1 is 0.917 bits per heavy atom. The molecule has 0 bridgehead atoms. The van der Waals surface area contributed by atoms with Crippen molar-refractivity contribution in [3.8, 4) is 17.2 Å². The fraction of sp³-hybridized carbons (Fsp3) is 0.250. The maximum absolute atomic E-state index is 13.0. The molecule has 1 unspecified atom stereocenters. The number of aryl methyl sites for hydroxylation is 2. The number of nitrogens with one attached hydrogen (secondary N) is 2. The topological polar surface area (TPSA) is 114 Å². The van der Waals surface area contributed by atoms with Crippen LogP contribution in [0, 0.1) is 13.8 Å². The van der Waals surface area contributed by atoms with Crippen LogP contribution < -0.4 is 15.4 Å². The van der Waals surface area contributed by atoms with E-state index in [0.717, 1.165) is 5.56 Å². The van der Waals surface area contributed by atoms with E-state index in [2.05, 4.69) is 10.6 Å². The van der Waals surface area contributed by atoms with Crippen LogP contribution in [-0.2, 0) is 19.1 Å². The Kier molecular flexibility index (Phi) is 8.67. The number of amides is 2. The minimum Gasteiger partial charge on any atom is -0.506 e. The van der Waals surface area contributed by atoms with Gasteiger partial charge in [0.25, 0.3) is 0 Å². The molecule has 3 aromatic rings. The molecule has 188 valence electrons. The van der Waals surface area contributed by atoms with Gasteiger partial charge in [-0.25, -0.2) is 4.79 Å². The molecule has 1 atom stereocenters. The summed E-state index contributed by atoms with van der Waals surface area (Å²) in [6.45, 7) is 7.27. The zero-order valence-corrected chi connectivity index (χ0v) is 20.8. The maximum Gasteiger partial charge on any atom is 0.397 e. The summed E-state index contributed by atoms with van der Waals surface area (Å²) in [5.74, 6) is -1.53. The van der Waals surface area contributed by atoms with E-state index in [9.17, 15) is 19.5 Å². The van der Waals surface area contributed by atoms with Gasteiger partial charge >= 0.3 is 11.9 Å². The quantitative estimate of drug-likeness (QED) is 0.220. The molecule has 8 nitrogen and oxygen atoms in total. The monoisotopic (exact) mass is 490 g/mol. The number of benzene rings is 3. The Morgan fingerprint density at radius 3 is 2.19 bits per heavy atom. The number of anilines is 2. The molecule has 0 fully saturated rings.